The number of carbonyl (C=O) groups excluding carboxylic acids is 1. The molecule has 3 atom stereocenters. The Bertz CT molecular complexity index is 2800. The Morgan fingerprint density at radius 2 is 1.80 bits per heavy atom. The average molecular weight is 947 g/mol. The molecule has 0 radical (unpaired) electrons. The number of nitrogens with zero attached hydrogens (tertiary/aromatic N) is 5. The summed E-state index contributed by atoms with van der Waals surface area (Å²) in [6.07, 6.45) is -8.63. The van der Waals surface area contributed by atoms with Crippen LogP contribution in [-0.4, -0.2) is 70.4 Å². The molecular formula is C40H36ClF9N8O5S. The maximum Gasteiger partial charge on any atom is 0.435 e. The van der Waals surface area contributed by atoms with Crippen molar-refractivity contribution in [1.29, 1.82) is 0 Å². The molecule has 4 aromatic rings. The number of amidine groups is 1. The molecular weight excluding hydrogens is 911 g/mol. The van der Waals surface area contributed by atoms with E-state index in [0.717, 1.165) is 34.9 Å². The summed E-state index contributed by atoms with van der Waals surface area (Å²) in [6, 6.07) is 3.49. The molecule has 0 saturated heterocycles. The third-order valence-corrected chi connectivity index (χ3v) is 12.8. The summed E-state index contributed by atoms with van der Waals surface area (Å²) in [5.74, 6) is -5.86. The smallest absolute Gasteiger partial charge is 0.382 e. The fraction of sp³-hybridized carbons (Fsp3) is 0.425. The highest BCUT2D eigenvalue weighted by atomic mass is 35.5. The molecule has 4 N–H and O–H groups in total. The number of nitrogens with two attached hydrogens (primary N) is 1. The second-order valence-electron chi connectivity index (χ2n) is 15.9. The number of rotatable bonds is 14. The molecule has 2 fully saturated rings. The lowest BCUT2D eigenvalue weighted by atomic mass is 10.0. The van der Waals surface area contributed by atoms with E-state index in [-0.39, 0.29) is 40.2 Å². The van der Waals surface area contributed by atoms with Crippen LogP contribution in [0, 0.1) is 29.4 Å². The zero-order valence-corrected chi connectivity index (χ0v) is 35.2. The van der Waals surface area contributed by atoms with Crippen LogP contribution in [0.5, 0.6) is 0 Å². The van der Waals surface area contributed by atoms with E-state index in [1.165, 1.54) is 7.11 Å². The predicted molar refractivity (Wildman–Crippen MR) is 213 cm³/mol. The highest BCUT2D eigenvalue weighted by Gasteiger charge is 2.68. The van der Waals surface area contributed by atoms with E-state index >= 15 is 8.78 Å². The predicted octanol–water partition coefficient (Wildman–Crippen LogP) is 6.34. The topological polar surface area (TPSA) is 176 Å². The van der Waals surface area contributed by atoms with Gasteiger partial charge in [0.1, 0.15) is 46.8 Å². The molecule has 0 unspecified atom stereocenters. The number of alkyl halides is 7. The number of ether oxygens (including phenoxy) is 1. The van der Waals surface area contributed by atoms with E-state index in [1.54, 1.807) is 13.8 Å². The van der Waals surface area contributed by atoms with Crippen molar-refractivity contribution in [2.75, 3.05) is 19.0 Å². The Morgan fingerprint density at radius 1 is 1.12 bits per heavy atom. The molecule has 3 aliphatic carbocycles. The summed E-state index contributed by atoms with van der Waals surface area (Å²) < 4.78 is 166. The molecule has 2 heterocycles. The Kier molecular flexibility index (Phi) is 12.1. The van der Waals surface area contributed by atoms with Crippen molar-refractivity contribution >= 4 is 39.1 Å². The van der Waals surface area contributed by atoms with Gasteiger partial charge in [0, 0.05) is 37.1 Å². The number of amides is 1. The monoisotopic (exact) mass is 946 g/mol. The van der Waals surface area contributed by atoms with Gasteiger partial charge in [-0.25, -0.2) is 31.0 Å². The van der Waals surface area contributed by atoms with Crippen molar-refractivity contribution in [3.05, 3.63) is 103 Å². The van der Waals surface area contributed by atoms with Gasteiger partial charge in [-0.15, -0.1) is 4.40 Å². The number of hydrogen-bond acceptors (Lipinski definition) is 8. The fourth-order valence-electron chi connectivity index (χ4n) is 7.43. The van der Waals surface area contributed by atoms with Crippen LogP contribution in [0.1, 0.15) is 84.7 Å². The molecule has 24 heteroatoms. The lowest BCUT2D eigenvalue weighted by molar-refractivity contribution is -0.142. The SMILES string of the molecule is COC(C)(C)C#Cc1cc(=O)n(-c2ccc(Cl)c(C(N)=NS(=O)(=O)C3CC3)c2NCC(F)F)c([C@H](Cc2cc(F)cc(F)c2)NC(=O)Cn2nc(C(F)(F)F)c3c2C(F)(F)[C@@H]2C[C@H]32)n1. The third kappa shape index (κ3) is 9.44. The molecule has 3 aliphatic rings. The van der Waals surface area contributed by atoms with E-state index in [9.17, 15) is 48.7 Å². The molecule has 2 aromatic carbocycles. The molecule has 2 aromatic heterocycles. The van der Waals surface area contributed by atoms with Crippen LogP contribution >= 0.6 is 11.6 Å². The largest absolute Gasteiger partial charge is 0.435 e. The normalized spacial score (nSPS) is 18.6. The molecule has 0 bridgehead atoms. The van der Waals surface area contributed by atoms with Crippen LogP contribution in [0.4, 0.5) is 45.2 Å². The summed E-state index contributed by atoms with van der Waals surface area (Å²) in [7, 11) is -2.90. The van der Waals surface area contributed by atoms with Crippen molar-refractivity contribution in [3.8, 4) is 17.5 Å². The minimum atomic E-state index is -5.17. The molecule has 342 valence electrons. The van der Waals surface area contributed by atoms with Gasteiger partial charge in [-0.1, -0.05) is 17.5 Å². The van der Waals surface area contributed by atoms with Crippen LogP contribution in [-0.2, 0) is 44.6 Å². The second-order valence-corrected chi connectivity index (χ2v) is 18.1. The number of benzene rings is 2. The molecule has 0 aliphatic heterocycles. The lowest BCUT2D eigenvalue weighted by Crippen LogP contribution is -2.38. The van der Waals surface area contributed by atoms with Gasteiger partial charge in [0.15, 0.2) is 5.69 Å². The number of sulfonamides is 1. The molecule has 13 nitrogen and oxygen atoms in total. The summed E-state index contributed by atoms with van der Waals surface area (Å²) in [5, 5.41) is 6.98. The van der Waals surface area contributed by atoms with Crippen LogP contribution in [0.3, 0.4) is 0 Å². The number of aromatic nitrogens is 4. The third-order valence-electron chi connectivity index (χ3n) is 10.7. The molecule has 2 saturated carbocycles. The second kappa shape index (κ2) is 16.8. The number of anilines is 1. The van der Waals surface area contributed by atoms with E-state index in [4.69, 9.17) is 22.1 Å². The number of methoxy groups -OCH3 is 1. The minimum absolute atomic E-state index is 0.207. The van der Waals surface area contributed by atoms with Gasteiger partial charge < -0.3 is 21.1 Å². The number of nitrogens with one attached hydrogen (secondary N) is 2. The van der Waals surface area contributed by atoms with Crippen molar-refractivity contribution < 1.29 is 57.5 Å². The van der Waals surface area contributed by atoms with Gasteiger partial charge in [-0.05, 0) is 74.8 Å². The first-order valence-corrected chi connectivity index (χ1v) is 21.2. The standard InChI is InChI=1S/C40H36ClF9N8O5S/c1-38(2,63-3)9-8-21-14-30(60)58(27-7-6-25(41)32(33(27)52-16-28(44)45)36(51)56-64(61,62)22-4-5-22)37(53-21)26(12-18-10-19(42)13-20(43)11-18)54-29(59)17-57-35-31(34(55-57)40(48,49)50)23-15-24(23)39(35,46)47/h6-7,10-11,13-14,22-24,26,28,52H,4-5,12,15-17H2,1-3H3,(H2,51,56)(H,54,59)/t23-,24+,26-/m0/s1. The van der Waals surface area contributed by atoms with Crippen LogP contribution in [0.25, 0.3) is 5.69 Å². The van der Waals surface area contributed by atoms with Crippen molar-refractivity contribution in [2.45, 2.75) is 87.4 Å². The highest BCUT2D eigenvalue weighted by molar-refractivity contribution is 7.91. The highest BCUT2D eigenvalue weighted by Crippen LogP contribution is 2.68. The zero-order chi connectivity index (χ0) is 46.8. The zero-order valence-electron chi connectivity index (χ0n) is 33.6. The van der Waals surface area contributed by atoms with Crippen LogP contribution in [0.15, 0.2) is 45.6 Å². The number of fused-ring (bicyclic) bond motifs is 3. The maximum absolute atomic E-state index is 15.5. The number of hydrogen-bond donors (Lipinski definition) is 3. The quantitative estimate of drug-likeness (QED) is 0.0564. The molecule has 64 heavy (non-hydrogen) atoms. The van der Waals surface area contributed by atoms with Gasteiger partial charge in [0.05, 0.1) is 39.8 Å². The van der Waals surface area contributed by atoms with Gasteiger partial charge in [-0.2, -0.15) is 27.1 Å². The lowest BCUT2D eigenvalue weighted by Gasteiger charge is -2.25. The molecule has 7 rings (SSSR count). The van der Waals surface area contributed by atoms with Gasteiger partial charge in [0.2, 0.25) is 5.91 Å². The fourth-order valence-corrected chi connectivity index (χ4v) is 8.93. The van der Waals surface area contributed by atoms with Crippen LogP contribution in [0.2, 0.25) is 5.02 Å². The van der Waals surface area contributed by atoms with Crippen LogP contribution < -0.4 is 21.9 Å². The number of carbonyl (C=O) groups is 1. The van der Waals surface area contributed by atoms with Gasteiger partial charge in [-0.3, -0.25) is 18.8 Å². The Morgan fingerprint density at radius 3 is 2.41 bits per heavy atom. The van der Waals surface area contributed by atoms with Crippen molar-refractivity contribution in [3.63, 3.8) is 0 Å². The van der Waals surface area contributed by atoms with Crippen molar-refractivity contribution in [1.82, 2.24) is 24.6 Å². The Balaban J connectivity index is 1.44. The first-order chi connectivity index (χ1) is 29.8. The summed E-state index contributed by atoms with van der Waals surface area (Å²) in [4.78, 5) is 32.9. The van der Waals surface area contributed by atoms with Gasteiger partial charge in [0.25, 0.3) is 27.9 Å². The Hall–Kier alpha value is -5.60. The number of halogens is 10. The molecule has 0 spiro atoms. The first-order valence-electron chi connectivity index (χ1n) is 19.3. The maximum atomic E-state index is 15.5. The van der Waals surface area contributed by atoms with E-state index in [1.807, 2.05) is 0 Å². The summed E-state index contributed by atoms with van der Waals surface area (Å²) >= 11 is 6.50. The van der Waals surface area contributed by atoms with E-state index in [2.05, 4.69) is 37.0 Å². The first kappa shape index (κ1) is 46.4. The average Bonchev–Trinajstić information content (AvgIpc) is 4.11. The minimum Gasteiger partial charge on any atom is -0.382 e. The molecule has 1 amide bonds. The van der Waals surface area contributed by atoms with E-state index in [0.29, 0.717) is 6.07 Å². The summed E-state index contributed by atoms with van der Waals surface area (Å²) in [5.41, 5.74) is -1.39. The van der Waals surface area contributed by atoms with Crippen molar-refractivity contribution in [2.24, 2.45) is 16.0 Å². The van der Waals surface area contributed by atoms with Gasteiger partial charge >= 0.3 is 6.18 Å². The summed E-state index contributed by atoms with van der Waals surface area (Å²) in [6.45, 7) is 0.693. The Labute approximate surface area is 363 Å². The van der Waals surface area contributed by atoms with E-state index < -0.39 is 145 Å².